The molecule has 0 spiro atoms. The van der Waals surface area contributed by atoms with Crippen molar-refractivity contribution in [3.63, 3.8) is 0 Å². The lowest BCUT2D eigenvalue weighted by Crippen LogP contribution is -2.29. The molecule has 1 fully saturated rings. The second kappa shape index (κ2) is 3.70. The fourth-order valence-corrected chi connectivity index (χ4v) is 3.53. The Balaban J connectivity index is 2.06. The molecule has 2 nitrogen and oxygen atoms in total. The summed E-state index contributed by atoms with van der Waals surface area (Å²) < 4.78 is 1.15. The number of amides is 1. The molecule has 0 radical (unpaired) electrons. The Morgan fingerprint density at radius 2 is 1.94 bits per heavy atom. The monoisotopic (exact) mass is 349 g/mol. The zero-order valence-corrected chi connectivity index (χ0v) is 12.9. The average molecular weight is 349 g/mol. The molecule has 88 valence electrons. The topological polar surface area (TPSA) is 29.1 Å². The lowest BCUT2D eigenvalue weighted by molar-refractivity contribution is 0.0944. The van der Waals surface area contributed by atoms with Crippen LogP contribution in [0.1, 0.15) is 38.1 Å². The first-order valence-corrected chi connectivity index (χ1v) is 7.27. The number of nitrogens with one attached hydrogen (secondary N) is 1. The van der Waals surface area contributed by atoms with Gasteiger partial charge in [-0.2, -0.15) is 0 Å². The van der Waals surface area contributed by atoms with E-state index < -0.39 is 0 Å². The number of carbonyl (C=O) groups excluding carboxylic acids is 1. The maximum Gasteiger partial charge on any atom is 0.252 e. The van der Waals surface area contributed by atoms with Gasteiger partial charge < -0.3 is 5.32 Å². The third-order valence-corrected chi connectivity index (χ3v) is 5.91. The van der Waals surface area contributed by atoms with Gasteiger partial charge in [0.1, 0.15) is 0 Å². The van der Waals surface area contributed by atoms with E-state index in [-0.39, 0.29) is 22.8 Å². The van der Waals surface area contributed by atoms with Crippen molar-refractivity contribution in [2.24, 2.45) is 10.8 Å². The number of hydrogen-bond acceptors (Lipinski definition) is 2. The Hall–Kier alpha value is -0.100. The summed E-state index contributed by atoms with van der Waals surface area (Å²) in [6.45, 7) is 8.81. The number of thiophene rings is 1. The molecule has 1 aromatic heterocycles. The minimum atomic E-state index is 0.0582. The summed E-state index contributed by atoms with van der Waals surface area (Å²) in [6, 6.07) is 2.22. The molecule has 0 bridgehead atoms. The van der Waals surface area contributed by atoms with Gasteiger partial charge in [0, 0.05) is 11.4 Å². The Bertz CT molecular complexity index is 422. The smallest absolute Gasteiger partial charge is 0.252 e. The van der Waals surface area contributed by atoms with E-state index in [1.165, 1.54) is 0 Å². The lowest BCUT2D eigenvalue weighted by atomic mass is 10.0. The first kappa shape index (κ1) is 12.4. The van der Waals surface area contributed by atoms with Gasteiger partial charge in [-0.05, 0) is 39.5 Å². The van der Waals surface area contributed by atoms with E-state index in [1.807, 2.05) is 11.4 Å². The third kappa shape index (κ3) is 1.79. The molecule has 0 saturated heterocycles. The number of hydrogen-bond donors (Lipinski definition) is 1. The van der Waals surface area contributed by atoms with Crippen LogP contribution in [0.25, 0.3) is 0 Å². The maximum atomic E-state index is 12.0. The van der Waals surface area contributed by atoms with Gasteiger partial charge in [0.25, 0.3) is 5.91 Å². The van der Waals surface area contributed by atoms with Crippen LogP contribution in [-0.4, -0.2) is 11.9 Å². The predicted octanol–water partition coefficient (Wildman–Crippen LogP) is 3.52. The van der Waals surface area contributed by atoms with Gasteiger partial charge in [0.05, 0.1) is 8.45 Å². The van der Waals surface area contributed by atoms with E-state index in [1.54, 1.807) is 11.3 Å². The molecule has 1 saturated carbocycles. The van der Waals surface area contributed by atoms with Crippen LogP contribution < -0.4 is 5.32 Å². The van der Waals surface area contributed by atoms with Crippen molar-refractivity contribution < 1.29 is 4.79 Å². The highest BCUT2D eigenvalue weighted by atomic mass is 127. The molecule has 1 aromatic rings. The number of carbonyl (C=O) groups is 1. The van der Waals surface area contributed by atoms with Gasteiger partial charge in [0.2, 0.25) is 0 Å². The number of halogens is 1. The Labute approximate surface area is 114 Å². The largest absolute Gasteiger partial charge is 0.348 e. The lowest BCUT2D eigenvalue weighted by Gasteiger charge is -2.04. The second-order valence-electron chi connectivity index (χ2n) is 5.49. The standard InChI is InChI=1S/C12H16INOS/c1-11(2)10(12(11,3)4)14-9(15)7-5-8(13)16-6-7/h5-6,10H,1-4H3,(H,14,15). The molecule has 1 aliphatic carbocycles. The molecule has 0 unspecified atom stereocenters. The summed E-state index contributed by atoms with van der Waals surface area (Å²) in [7, 11) is 0. The van der Waals surface area contributed by atoms with Gasteiger partial charge in [-0.15, -0.1) is 11.3 Å². The van der Waals surface area contributed by atoms with E-state index in [2.05, 4.69) is 55.6 Å². The fourth-order valence-electron chi connectivity index (χ4n) is 2.20. The normalized spacial score (nSPS) is 21.8. The molecule has 0 aromatic carbocycles. The molecular weight excluding hydrogens is 333 g/mol. The van der Waals surface area contributed by atoms with Gasteiger partial charge >= 0.3 is 0 Å². The number of rotatable bonds is 2. The van der Waals surface area contributed by atoms with Crippen LogP contribution in [-0.2, 0) is 0 Å². The van der Waals surface area contributed by atoms with Crippen LogP contribution in [0.2, 0.25) is 0 Å². The minimum absolute atomic E-state index is 0.0582. The highest BCUT2D eigenvalue weighted by molar-refractivity contribution is 14.1. The van der Waals surface area contributed by atoms with Crippen LogP contribution >= 0.6 is 33.9 Å². The Kier molecular flexibility index (Phi) is 2.86. The van der Waals surface area contributed by atoms with Crippen LogP contribution in [0, 0.1) is 13.7 Å². The molecule has 1 heterocycles. The van der Waals surface area contributed by atoms with Crippen molar-refractivity contribution in [2.45, 2.75) is 33.7 Å². The van der Waals surface area contributed by atoms with Gasteiger partial charge in [-0.25, -0.2) is 0 Å². The Morgan fingerprint density at radius 3 is 2.31 bits per heavy atom. The highest BCUT2D eigenvalue weighted by Gasteiger charge is 2.65. The average Bonchev–Trinajstić information content (AvgIpc) is 2.58. The van der Waals surface area contributed by atoms with E-state index in [0.29, 0.717) is 0 Å². The maximum absolute atomic E-state index is 12.0. The summed E-state index contributed by atoms with van der Waals surface area (Å²) >= 11 is 3.84. The Morgan fingerprint density at radius 1 is 1.38 bits per heavy atom. The SMILES string of the molecule is CC1(C)C(NC(=O)c2csc(I)c2)C1(C)C. The molecule has 1 aliphatic rings. The van der Waals surface area contributed by atoms with Gasteiger partial charge in [-0.3, -0.25) is 4.79 Å². The van der Waals surface area contributed by atoms with E-state index >= 15 is 0 Å². The molecule has 0 aliphatic heterocycles. The van der Waals surface area contributed by atoms with Crippen molar-refractivity contribution in [1.82, 2.24) is 5.32 Å². The summed E-state index contributed by atoms with van der Waals surface area (Å²) in [5, 5.41) is 5.04. The highest BCUT2D eigenvalue weighted by Crippen LogP contribution is 2.62. The zero-order valence-electron chi connectivity index (χ0n) is 9.93. The summed E-state index contributed by atoms with van der Waals surface area (Å²) in [6.07, 6.45) is 0. The summed E-state index contributed by atoms with van der Waals surface area (Å²) in [5.74, 6) is 0.0582. The zero-order chi connectivity index (χ0) is 12.1. The van der Waals surface area contributed by atoms with Crippen LogP contribution in [0.15, 0.2) is 11.4 Å². The molecule has 0 atom stereocenters. The third-order valence-electron chi connectivity index (χ3n) is 4.13. The summed E-state index contributed by atoms with van der Waals surface area (Å²) in [4.78, 5) is 12.0. The van der Waals surface area contributed by atoms with Gasteiger partial charge in [-0.1, -0.05) is 27.7 Å². The fraction of sp³-hybridized carbons (Fsp3) is 0.583. The van der Waals surface area contributed by atoms with E-state index in [4.69, 9.17) is 0 Å². The first-order chi connectivity index (χ1) is 7.26. The molecule has 1 N–H and O–H groups in total. The molecule has 1 amide bonds. The molecule has 4 heteroatoms. The quantitative estimate of drug-likeness (QED) is 0.814. The van der Waals surface area contributed by atoms with Gasteiger partial charge in [0.15, 0.2) is 0 Å². The first-order valence-electron chi connectivity index (χ1n) is 5.31. The predicted molar refractivity (Wildman–Crippen MR) is 75.9 cm³/mol. The van der Waals surface area contributed by atoms with Crippen molar-refractivity contribution in [1.29, 1.82) is 0 Å². The van der Waals surface area contributed by atoms with Crippen molar-refractivity contribution in [2.75, 3.05) is 0 Å². The van der Waals surface area contributed by atoms with Crippen LogP contribution in [0.3, 0.4) is 0 Å². The minimum Gasteiger partial charge on any atom is -0.348 e. The van der Waals surface area contributed by atoms with Crippen LogP contribution in [0.4, 0.5) is 0 Å². The van der Waals surface area contributed by atoms with E-state index in [9.17, 15) is 4.79 Å². The van der Waals surface area contributed by atoms with E-state index in [0.717, 1.165) is 8.45 Å². The summed E-state index contributed by atoms with van der Waals surface area (Å²) in [5.41, 5.74) is 1.19. The second-order valence-corrected chi connectivity index (χ2v) is 8.29. The van der Waals surface area contributed by atoms with Crippen LogP contribution in [0.5, 0.6) is 0 Å². The molecule has 2 rings (SSSR count). The van der Waals surface area contributed by atoms with Crippen molar-refractivity contribution in [3.05, 3.63) is 19.9 Å². The molecule has 16 heavy (non-hydrogen) atoms. The van der Waals surface area contributed by atoms with Crippen molar-refractivity contribution in [3.8, 4) is 0 Å². The van der Waals surface area contributed by atoms with Crippen molar-refractivity contribution >= 4 is 39.8 Å². The molecular formula is C12H16INOS.